The summed E-state index contributed by atoms with van der Waals surface area (Å²) in [6, 6.07) is 9.72. The van der Waals surface area contributed by atoms with Gasteiger partial charge in [-0.3, -0.25) is 10.3 Å². The number of rotatable bonds is 2. The minimum absolute atomic E-state index is 0.722. The van der Waals surface area contributed by atoms with Gasteiger partial charge in [0.05, 0.1) is 12.8 Å². The molecule has 0 heterocycles. The third-order valence-corrected chi connectivity index (χ3v) is 0.994. The van der Waals surface area contributed by atoms with Gasteiger partial charge in [-0.2, -0.15) is 0 Å². The molecule has 80 valence electrons. The summed E-state index contributed by atoms with van der Waals surface area (Å²) in [6.45, 7) is 0. The molecule has 0 unspecified atom stereocenters. The van der Waals surface area contributed by atoms with Crippen molar-refractivity contribution in [2.45, 2.75) is 5.40 Å². The number of nitrogens with one attached hydrogen (secondary N) is 1. The number of benzene rings is 1. The minimum atomic E-state index is -4.86. The molecule has 0 aliphatic rings. The molecule has 5 nitrogen and oxygen atoms in total. The second-order valence-electron chi connectivity index (χ2n) is 2.32. The Labute approximate surface area is 84.9 Å². The van der Waals surface area contributed by atoms with Crippen molar-refractivity contribution in [2.24, 2.45) is 0 Å². The van der Waals surface area contributed by atoms with E-state index in [1.807, 2.05) is 30.3 Å². The first-order valence-corrected chi connectivity index (χ1v) is 9.66. The van der Waals surface area contributed by atoms with E-state index in [0.717, 1.165) is 11.1 Å². The summed E-state index contributed by atoms with van der Waals surface area (Å²) in [6.07, 6.45) is 0. The molecule has 1 rings (SSSR count). The van der Waals surface area contributed by atoms with E-state index >= 15 is 0 Å². The van der Waals surface area contributed by atoms with E-state index in [9.17, 15) is 10.4 Å². The van der Waals surface area contributed by atoms with Crippen LogP contribution in [-0.2, 0) is 30.7 Å². The van der Waals surface area contributed by atoms with Crippen LogP contribution in [-0.4, -0.2) is 7.11 Å². The average molecular weight is 372 g/mol. The molecule has 0 amide bonds. The van der Waals surface area contributed by atoms with Gasteiger partial charge >= 0.3 is 31.2 Å². The van der Waals surface area contributed by atoms with Crippen LogP contribution in [0.15, 0.2) is 30.3 Å². The van der Waals surface area contributed by atoms with Crippen LogP contribution in [0.25, 0.3) is 0 Å². The van der Waals surface area contributed by atoms with Crippen molar-refractivity contribution in [1.82, 2.24) is 0 Å². The van der Waals surface area contributed by atoms with Crippen molar-refractivity contribution in [2.75, 3.05) is 12.6 Å². The van der Waals surface area contributed by atoms with Crippen LogP contribution in [0.5, 0.6) is 0 Å². The summed E-state index contributed by atoms with van der Waals surface area (Å²) < 4.78 is 27.6. The van der Waals surface area contributed by atoms with Crippen molar-refractivity contribution >= 4 is 5.69 Å². The molecule has 0 saturated carbocycles. The predicted octanol–water partition coefficient (Wildman–Crippen LogP) is 1.88. The Kier molecular flexibility index (Phi) is 6.05. The zero-order chi connectivity index (χ0) is 11.0. The number of anilines is 1. The van der Waals surface area contributed by atoms with Gasteiger partial charge < -0.3 is 0 Å². The van der Waals surface area contributed by atoms with Crippen LogP contribution >= 0.6 is 0 Å². The first-order valence-electron chi connectivity index (χ1n) is 3.61. The topological polar surface area (TPSA) is 72.5 Å². The Morgan fingerprint density at radius 1 is 1.14 bits per heavy atom. The number of hydrogen-bond acceptors (Lipinski definition) is 5. The third kappa shape index (κ3) is 11.0. The summed E-state index contributed by atoms with van der Waals surface area (Å²) >= 11 is -4.86. The van der Waals surface area contributed by atoms with Crippen molar-refractivity contribution in [1.29, 1.82) is 0 Å². The summed E-state index contributed by atoms with van der Waals surface area (Å²) in [7, 11) is 1.59. The Morgan fingerprint density at radius 2 is 1.57 bits per heavy atom. The summed E-state index contributed by atoms with van der Waals surface area (Å²) in [4.78, 5) is 4.68. The molecule has 0 atom stereocenters. The van der Waals surface area contributed by atoms with Crippen LogP contribution in [0, 0.1) is 0 Å². The molecule has 1 aromatic carbocycles. The summed E-state index contributed by atoms with van der Waals surface area (Å²) in [5.74, 6) is 0. The van der Waals surface area contributed by atoms with E-state index in [1.165, 1.54) is 0 Å². The van der Waals surface area contributed by atoms with Gasteiger partial charge in [-0.05, 0) is 12.1 Å². The Balaban J connectivity index is 0.000000292. The first kappa shape index (κ1) is 13.0. The molecule has 0 fully saturated rings. The molecule has 0 bridgehead atoms. The van der Waals surface area contributed by atoms with Crippen LogP contribution in [0.2, 0.25) is 5.40 Å². The van der Waals surface area contributed by atoms with E-state index < -0.39 is 15.4 Å². The fourth-order valence-corrected chi connectivity index (χ4v) is 0.624. The second kappa shape index (κ2) is 6.49. The van der Waals surface area contributed by atoms with E-state index in [1.54, 1.807) is 7.11 Å². The molecule has 0 saturated heterocycles. The van der Waals surface area contributed by atoms with Crippen molar-refractivity contribution in [3.63, 3.8) is 0 Å². The Morgan fingerprint density at radius 3 is 1.93 bits per heavy atom. The molecule has 0 aromatic heterocycles. The zero-order valence-corrected chi connectivity index (χ0v) is 10.6. The fourth-order valence-electron chi connectivity index (χ4n) is 0.624. The van der Waals surface area contributed by atoms with E-state index in [2.05, 4.69) is 10.3 Å². The second-order valence-corrected chi connectivity index (χ2v) is 7.01. The molecule has 1 aromatic rings. The predicted molar refractivity (Wildman–Crippen MR) is 45.0 cm³/mol. The molecular weight excluding hydrogens is 360 g/mol. The van der Waals surface area contributed by atoms with Gasteiger partial charge in [0.25, 0.3) is 0 Å². The van der Waals surface area contributed by atoms with E-state index in [-0.39, 0.29) is 0 Å². The maximum atomic E-state index is 9.19. The molecule has 0 spiro atoms. The van der Waals surface area contributed by atoms with Crippen LogP contribution < -0.4 is 5.48 Å². The standard InChI is InChI=1S/C7H9NO.CH3.3O.Re/c1-9-8-7-5-3-2-4-6-7;;;;;/h2-6,8H,1H3;1H3;;;;. The molecule has 14 heavy (non-hydrogen) atoms. The Bertz CT molecular complexity index is 379. The SMILES string of the molecule is CONc1ccccc1.[CH3][Re](=[O])(=[O])=[O]. The van der Waals surface area contributed by atoms with Gasteiger partial charge in [-0.25, -0.2) is 0 Å². The van der Waals surface area contributed by atoms with Gasteiger partial charge in [-0.15, -0.1) is 0 Å². The number of para-hydroxylation sites is 1. The monoisotopic (exact) mass is 373 g/mol. The Hall–Kier alpha value is -0.958. The molecular formula is C8H12NO4Re. The van der Waals surface area contributed by atoms with Gasteiger partial charge in [-0.1, -0.05) is 18.2 Å². The zero-order valence-electron chi connectivity index (χ0n) is 7.90. The van der Waals surface area contributed by atoms with Crippen LogP contribution in [0.3, 0.4) is 0 Å². The normalized spacial score (nSPS) is 9.86. The van der Waals surface area contributed by atoms with Gasteiger partial charge in [0, 0.05) is 0 Å². The van der Waals surface area contributed by atoms with Crippen molar-refractivity contribution < 1.29 is 30.7 Å². The van der Waals surface area contributed by atoms with E-state index in [0.29, 0.717) is 0 Å². The van der Waals surface area contributed by atoms with Crippen LogP contribution in [0.1, 0.15) is 0 Å². The molecule has 0 aliphatic heterocycles. The maximum absolute atomic E-state index is 9.19. The van der Waals surface area contributed by atoms with Crippen molar-refractivity contribution in [3.05, 3.63) is 30.3 Å². The molecule has 0 radical (unpaired) electrons. The van der Waals surface area contributed by atoms with Gasteiger partial charge in [0.15, 0.2) is 0 Å². The summed E-state index contributed by atoms with van der Waals surface area (Å²) in [5, 5.41) is 0.722. The third-order valence-electron chi connectivity index (χ3n) is 0.994. The summed E-state index contributed by atoms with van der Waals surface area (Å²) in [5.41, 5.74) is 3.68. The number of hydrogen-bond donors (Lipinski definition) is 1. The molecule has 1 N–H and O–H groups in total. The van der Waals surface area contributed by atoms with E-state index in [4.69, 9.17) is 0 Å². The molecule has 0 aliphatic carbocycles. The molecule has 6 heteroatoms. The van der Waals surface area contributed by atoms with Crippen LogP contribution in [0.4, 0.5) is 5.69 Å². The average Bonchev–Trinajstić information content (AvgIpc) is 2.03. The van der Waals surface area contributed by atoms with Gasteiger partial charge in [0.2, 0.25) is 0 Å². The quantitative estimate of drug-likeness (QED) is 0.803. The van der Waals surface area contributed by atoms with Crippen molar-refractivity contribution in [3.8, 4) is 0 Å². The van der Waals surface area contributed by atoms with Gasteiger partial charge in [0.1, 0.15) is 0 Å². The first-order chi connectivity index (χ1) is 6.43. The fraction of sp³-hybridized carbons (Fsp3) is 0.250.